The largest absolute Gasteiger partial charge is 0.322 e. The molecule has 1 heterocycles. The van der Waals surface area contributed by atoms with Crippen LogP contribution in [-0.4, -0.2) is 45.4 Å². The fourth-order valence-electron chi connectivity index (χ4n) is 2.93. The molecule has 1 aliphatic heterocycles. The van der Waals surface area contributed by atoms with Crippen LogP contribution in [0.5, 0.6) is 0 Å². The molecule has 0 aliphatic carbocycles. The third kappa shape index (κ3) is 4.43. The summed E-state index contributed by atoms with van der Waals surface area (Å²) >= 11 is 6.01. The lowest BCUT2D eigenvalue weighted by atomic mass is 10.2. The van der Waals surface area contributed by atoms with Crippen LogP contribution in [0.3, 0.4) is 0 Å². The van der Waals surface area contributed by atoms with Gasteiger partial charge in [-0.3, -0.25) is 14.4 Å². The van der Waals surface area contributed by atoms with Gasteiger partial charge in [-0.2, -0.15) is 0 Å². The van der Waals surface area contributed by atoms with Gasteiger partial charge in [0.2, 0.25) is 5.91 Å². The Kier molecular flexibility index (Phi) is 6.23. The molecule has 1 saturated heterocycles. The zero-order valence-corrected chi connectivity index (χ0v) is 17.5. The predicted molar refractivity (Wildman–Crippen MR) is 109 cm³/mol. The Bertz CT molecular complexity index is 1040. The van der Waals surface area contributed by atoms with E-state index in [9.17, 15) is 18.0 Å². The number of carbonyl (C=O) groups is 2. The van der Waals surface area contributed by atoms with Gasteiger partial charge in [-0.25, -0.2) is 8.42 Å². The molecule has 1 N–H and O–H groups in total. The quantitative estimate of drug-likeness (QED) is 0.701. The van der Waals surface area contributed by atoms with Gasteiger partial charge in [0, 0.05) is 37.0 Å². The average Bonchev–Trinajstić information content (AvgIpc) is 3.13. The number of amides is 2. The second kappa shape index (κ2) is 8.50. The van der Waals surface area contributed by atoms with E-state index in [-0.39, 0.29) is 21.4 Å². The highest BCUT2D eigenvalue weighted by atomic mass is 35.5. The molecule has 10 heteroatoms. The van der Waals surface area contributed by atoms with Crippen LogP contribution in [0.15, 0.2) is 47.4 Å². The Hall–Kier alpha value is -2.46. The minimum Gasteiger partial charge on any atom is -0.322 e. The number of carbonyl (C=O) groups excluding carboxylic acids is 2. The number of benzene rings is 2. The Morgan fingerprint density at radius 1 is 1.21 bits per heavy atom. The molecule has 0 bridgehead atoms. The van der Waals surface area contributed by atoms with Crippen LogP contribution in [0, 0.1) is 0 Å². The molecule has 2 aromatic carbocycles. The van der Waals surface area contributed by atoms with Crippen molar-refractivity contribution in [2.75, 3.05) is 30.9 Å². The van der Waals surface area contributed by atoms with Gasteiger partial charge in [0.15, 0.2) is 0 Å². The summed E-state index contributed by atoms with van der Waals surface area (Å²) in [5.41, 5.74) is 1.41. The monoisotopic (exact) mass is 437 g/mol. The van der Waals surface area contributed by atoms with Gasteiger partial charge in [0.25, 0.3) is 15.9 Å². The smallest absolute Gasteiger partial charge is 0.266 e. The minimum atomic E-state index is -4.01. The van der Waals surface area contributed by atoms with Crippen LogP contribution in [0.4, 0.5) is 11.4 Å². The molecule has 1 aliphatic rings. The zero-order valence-electron chi connectivity index (χ0n) is 15.9. The highest BCUT2D eigenvalue weighted by molar-refractivity contribution is 7.89. The molecule has 0 aromatic heterocycles. The Morgan fingerprint density at radius 3 is 2.48 bits per heavy atom. The van der Waals surface area contributed by atoms with Gasteiger partial charge in [-0.1, -0.05) is 16.1 Å². The van der Waals surface area contributed by atoms with Crippen LogP contribution < -0.4 is 10.2 Å². The molecule has 2 amide bonds. The zero-order chi connectivity index (χ0) is 21.2. The van der Waals surface area contributed by atoms with Crippen molar-refractivity contribution in [3.05, 3.63) is 53.1 Å². The maximum absolute atomic E-state index is 12.6. The molecule has 0 atom stereocenters. The van der Waals surface area contributed by atoms with Crippen molar-refractivity contribution in [2.24, 2.45) is 0 Å². The topological polar surface area (TPSA) is 96.0 Å². The Labute approximate surface area is 174 Å². The number of anilines is 2. The summed E-state index contributed by atoms with van der Waals surface area (Å²) in [5, 5.41) is 2.68. The summed E-state index contributed by atoms with van der Waals surface area (Å²) < 4.78 is 25.6. The highest BCUT2D eigenvalue weighted by Crippen LogP contribution is 2.26. The third-order valence-electron chi connectivity index (χ3n) is 4.58. The minimum absolute atomic E-state index is 0.0231. The number of hydrogen-bond donors (Lipinski definition) is 1. The van der Waals surface area contributed by atoms with Gasteiger partial charge in [0.05, 0.1) is 12.1 Å². The Morgan fingerprint density at radius 2 is 1.90 bits per heavy atom. The van der Waals surface area contributed by atoms with E-state index in [4.69, 9.17) is 16.4 Å². The molecule has 2 aromatic rings. The summed E-state index contributed by atoms with van der Waals surface area (Å²) in [6, 6.07) is 10.8. The number of sulfonamides is 1. The van der Waals surface area contributed by atoms with Crippen molar-refractivity contribution in [2.45, 2.75) is 17.7 Å². The lowest BCUT2D eigenvalue weighted by Crippen LogP contribution is -2.26. The lowest BCUT2D eigenvalue weighted by Gasteiger charge is -2.17. The first kappa shape index (κ1) is 21.3. The lowest BCUT2D eigenvalue weighted by molar-refractivity contribution is -0.117. The fourth-order valence-corrected chi connectivity index (χ4v) is 4.40. The van der Waals surface area contributed by atoms with Crippen molar-refractivity contribution in [1.82, 2.24) is 4.47 Å². The van der Waals surface area contributed by atoms with Gasteiger partial charge in [-0.15, -0.1) is 0 Å². The molecule has 0 saturated carbocycles. The van der Waals surface area contributed by atoms with Crippen molar-refractivity contribution in [3.8, 4) is 0 Å². The van der Waals surface area contributed by atoms with Gasteiger partial charge in [-0.05, 0) is 48.9 Å². The number of halogens is 1. The Balaban J connectivity index is 1.79. The van der Waals surface area contributed by atoms with Crippen molar-refractivity contribution in [1.29, 1.82) is 0 Å². The van der Waals surface area contributed by atoms with Crippen molar-refractivity contribution >= 4 is 44.8 Å². The molecule has 0 unspecified atom stereocenters. The molecular formula is C19H20ClN3O5S. The van der Waals surface area contributed by atoms with Crippen LogP contribution >= 0.6 is 11.6 Å². The first-order valence-electron chi connectivity index (χ1n) is 8.78. The predicted octanol–water partition coefficient (Wildman–Crippen LogP) is 2.90. The fraction of sp³-hybridized carbons (Fsp3) is 0.263. The molecule has 1 fully saturated rings. The number of nitrogens with one attached hydrogen (secondary N) is 1. The highest BCUT2D eigenvalue weighted by Gasteiger charge is 2.25. The molecule has 0 spiro atoms. The second-order valence-electron chi connectivity index (χ2n) is 6.39. The SMILES string of the molecule is CON(C)S(=O)(=O)c1cc(C(=O)Nc2ccc(N3CCCC3=O)cc2)ccc1Cl. The number of hydrogen-bond acceptors (Lipinski definition) is 5. The van der Waals surface area contributed by atoms with E-state index in [1.54, 1.807) is 29.2 Å². The van der Waals surface area contributed by atoms with Crippen LogP contribution in [0.1, 0.15) is 23.2 Å². The molecule has 3 rings (SSSR count). The first-order chi connectivity index (χ1) is 13.7. The molecule has 0 radical (unpaired) electrons. The van der Waals surface area contributed by atoms with E-state index in [0.29, 0.717) is 23.1 Å². The van der Waals surface area contributed by atoms with Crippen molar-refractivity contribution in [3.63, 3.8) is 0 Å². The van der Waals surface area contributed by atoms with E-state index in [1.807, 2.05) is 0 Å². The third-order valence-corrected chi connectivity index (χ3v) is 6.74. The second-order valence-corrected chi connectivity index (χ2v) is 8.70. The summed E-state index contributed by atoms with van der Waals surface area (Å²) in [6.07, 6.45) is 1.37. The summed E-state index contributed by atoms with van der Waals surface area (Å²) in [4.78, 5) is 30.6. The number of hydroxylamine groups is 1. The van der Waals surface area contributed by atoms with E-state index >= 15 is 0 Å². The summed E-state index contributed by atoms with van der Waals surface area (Å²) in [6.45, 7) is 0.683. The van der Waals surface area contributed by atoms with Gasteiger partial charge in [0.1, 0.15) is 4.90 Å². The first-order valence-corrected chi connectivity index (χ1v) is 10.6. The van der Waals surface area contributed by atoms with E-state index in [1.165, 1.54) is 32.4 Å². The van der Waals surface area contributed by atoms with Crippen LogP contribution in [0.25, 0.3) is 0 Å². The van der Waals surface area contributed by atoms with E-state index in [2.05, 4.69) is 5.32 Å². The molecular weight excluding hydrogens is 418 g/mol. The normalized spacial score (nSPS) is 14.5. The standard InChI is InChI=1S/C19H20ClN3O5S/c1-22(28-2)29(26,27)17-12-13(5-10-16(17)20)19(25)21-14-6-8-15(9-7-14)23-11-3-4-18(23)24/h5-10,12H,3-4,11H2,1-2H3,(H,21,25). The summed E-state index contributed by atoms with van der Waals surface area (Å²) in [5.74, 6) is -0.416. The maximum Gasteiger partial charge on any atom is 0.266 e. The number of rotatable bonds is 6. The van der Waals surface area contributed by atoms with Crippen molar-refractivity contribution < 1.29 is 22.8 Å². The molecule has 29 heavy (non-hydrogen) atoms. The van der Waals surface area contributed by atoms with Gasteiger partial charge >= 0.3 is 0 Å². The maximum atomic E-state index is 12.6. The van der Waals surface area contributed by atoms with Crippen LogP contribution in [0.2, 0.25) is 5.02 Å². The molecule has 154 valence electrons. The summed E-state index contributed by atoms with van der Waals surface area (Å²) in [7, 11) is -1.57. The van der Waals surface area contributed by atoms with Crippen LogP contribution in [-0.2, 0) is 19.7 Å². The molecule has 8 nitrogen and oxygen atoms in total. The van der Waals surface area contributed by atoms with E-state index < -0.39 is 15.9 Å². The number of nitrogens with zero attached hydrogens (tertiary/aromatic N) is 2. The van der Waals surface area contributed by atoms with E-state index in [0.717, 1.165) is 12.1 Å². The average molecular weight is 438 g/mol. The van der Waals surface area contributed by atoms with Gasteiger partial charge < -0.3 is 10.2 Å².